The molecule has 3 N–H and O–H groups in total. The summed E-state index contributed by atoms with van der Waals surface area (Å²) >= 11 is 0. The molecule has 1 aliphatic heterocycles. The minimum atomic E-state index is -0.919. The van der Waals surface area contributed by atoms with Gasteiger partial charge in [-0.05, 0) is 12.1 Å². The zero-order valence-corrected chi connectivity index (χ0v) is 8.63. The van der Waals surface area contributed by atoms with Crippen LogP contribution in [0.15, 0.2) is 18.3 Å². The molecule has 86 valence electrons. The highest BCUT2D eigenvalue weighted by Gasteiger charge is 2.30. The van der Waals surface area contributed by atoms with Gasteiger partial charge in [-0.2, -0.15) is 0 Å². The second-order valence-corrected chi connectivity index (χ2v) is 3.60. The molecule has 0 spiro atoms. The topological polar surface area (TPSA) is 85.7 Å². The lowest BCUT2D eigenvalue weighted by Gasteiger charge is -2.34. The van der Waals surface area contributed by atoms with Crippen molar-refractivity contribution >= 4 is 11.8 Å². The molecule has 0 radical (unpaired) electrons. The Balaban J connectivity index is 2.30. The summed E-state index contributed by atoms with van der Waals surface area (Å²) in [5.74, 6) is -0.579. The first-order chi connectivity index (χ1) is 7.70. The van der Waals surface area contributed by atoms with E-state index in [4.69, 9.17) is 5.11 Å². The predicted molar refractivity (Wildman–Crippen MR) is 57.5 cm³/mol. The summed E-state index contributed by atoms with van der Waals surface area (Å²) in [6.07, 6.45) is 1.54. The third-order valence-corrected chi connectivity index (χ3v) is 2.57. The largest absolute Gasteiger partial charge is 0.504 e. The summed E-state index contributed by atoms with van der Waals surface area (Å²) in [6.45, 7) is 1.55. The number of carboxylic acid groups (broad SMARTS) is 1. The maximum atomic E-state index is 11.1. The van der Waals surface area contributed by atoms with Gasteiger partial charge in [-0.1, -0.05) is 0 Å². The number of piperazine rings is 1. The fourth-order valence-corrected chi connectivity index (χ4v) is 1.79. The smallest absolute Gasteiger partial charge is 0.327 e. The Bertz CT molecular complexity index is 397. The lowest BCUT2D eigenvalue weighted by atomic mass is 10.2. The number of aromatic nitrogens is 1. The van der Waals surface area contributed by atoms with Crippen molar-refractivity contribution < 1.29 is 15.0 Å². The Morgan fingerprint density at radius 2 is 2.44 bits per heavy atom. The summed E-state index contributed by atoms with van der Waals surface area (Å²) in [5.41, 5.74) is 0. The van der Waals surface area contributed by atoms with Crippen LogP contribution in [0.3, 0.4) is 0 Å². The van der Waals surface area contributed by atoms with Crippen molar-refractivity contribution in [3.63, 3.8) is 0 Å². The molecule has 0 aromatic carbocycles. The van der Waals surface area contributed by atoms with E-state index in [2.05, 4.69) is 10.3 Å². The van der Waals surface area contributed by atoms with Crippen LogP contribution in [0.1, 0.15) is 0 Å². The highest BCUT2D eigenvalue weighted by Crippen LogP contribution is 2.25. The number of nitrogens with zero attached hydrogens (tertiary/aromatic N) is 2. The molecule has 1 aromatic heterocycles. The quantitative estimate of drug-likeness (QED) is 0.635. The van der Waals surface area contributed by atoms with Crippen LogP contribution in [-0.2, 0) is 4.79 Å². The molecule has 16 heavy (non-hydrogen) atoms. The molecule has 0 bridgehead atoms. The highest BCUT2D eigenvalue weighted by atomic mass is 16.4. The van der Waals surface area contributed by atoms with Crippen LogP contribution >= 0.6 is 0 Å². The molecular formula is C10H13N3O3. The molecule has 0 saturated carbocycles. The van der Waals surface area contributed by atoms with Crippen molar-refractivity contribution in [3.8, 4) is 5.75 Å². The van der Waals surface area contributed by atoms with Crippen molar-refractivity contribution in [2.45, 2.75) is 6.04 Å². The average Bonchev–Trinajstić information content (AvgIpc) is 2.29. The average molecular weight is 223 g/mol. The van der Waals surface area contributed by atoms with Gasteiger partial charge in [0.25, 0.3) is 0 Å². The summed E-state index contributed by atoms with van der Waals surface area (Å²) in [6, 6.07) is 2.43. The summed E-state index contributed by atoms with van der Waals surface area (Å²) in [4.78, 5) is 16.7. The molecule has 6 heteroatoms. The standard InChI is InChI=1S/C10H13N3O3/c14-8-2-1-3-12-9(8)13-5-4-11-6-7(13)10(15)16/h1-3,7,11,14H,4-6H2,(H,15,16)/t7-/m1/s1. The van der Waals surface area contributed by atoms with Gasteiger partial charge in [-0.15, -0.1) is 0 Å². The summed E-state index contributed by atoms with van der Waals surface area (Å²) in [7, 11) is 0. The number of carboxylic acids is 1. The third kappa shape index (κ3) is 1.92. The zero-order valence-electron chi connectivity index (χ0n) is 8.63. The van der Waals surface area contributed by atoms with Gasteiger partial charge in [-0.3, -0.25) is 0 Å². The monoisotopic (exact) mass is 223 g/mol. The fourth-order valence-electron chi connectivity index (χ4n) is 1.79. The molecular weight excluding hydrogens is 210 g/mol. The first kappa shape index (κ1) is 10.7. The van der Waals surface area contributed by atoms with Gasteiger partial charge in [0.05, 0.1) is 0 Å². The number of hydrogen-bond donors (Lipinski definition) is 3. The Morgan fingerprint density at radius 1 is 1.62 bits per heavy atom. The van der Waals surface area contributed by atoms with Gasteiger partial charge in [0.15, 0.2) is 11.6 Å². The molecule has 1 aliphatic rings. The lowest BCUT2D eigenvalue weighted by molar-refractivity contribution is -0.138. The van der Waals surface area contributed by atoms with Crippen LogP contribution in [0, 0.1) is 0 Å². The van der Waals surface area contributed by atoms with Crippen LogP contribution in [0.5, 0.6) is 5.75 Å². The number of pyridine rings is 1. The van der Waals surface area contributed by atoms with E-state index in [-0.39, 0.29) is 5.75 Å². The molecule has 2 heterocycles. The van der Waals surface area contributed by atoms with E-state index in [1.54, 1.807) is 11.0 Å². The minimum absolute atomic E-state index is 0.00986. The molecule has 0 aliphatic carbocycles. The Kier molecular flexibility index (Phi) is 2.91. The van der Waals surface area contributed by atoms with Gasteiger partial charge in [0.1, 0.15) is 6.04 Å². The molecule has 0 amide bonds. The number of carbonyl (C=O) groups is 1. The molecule has 1 saturated heterocycles. The van der Waals surface area contributed by atoms with Gasteiger partial charge < -0.3 is 20.4 Å². The highest BCUT2D eigenvalue weighted by molar-refractivity contribution is 5.79. The Hall–Kier alpha value is -1.82. The van der Waals surface area contributed by atoms with E-state index in [1.165, 1.54) is 12.3 Å². The first-order valence-corrected chi connectivity index (χ1v) is 5.04. The Labute approximate surface area is 92.5 Å². The minimum Gasteiger partial charge on any atom is -0.504 e. The maximum absolute atomic E-state index is 11.1. The number of hydrogen-bond acceptors (Lipinski definition) is 5. The van der Waals surface area contributed by atoms with Crippen molar-refractivity contribution in [3.05, 3.63) is 18.3 Å². The number of anilines is 1. The first-order valence-electron chi connectivity index (χ1n) is 5.04. The predicted octanol–water partition coefficient (Wildman–Crippen LogP) is -0.350. The number of aromatic hydroxyl groups is 1. The number of aliphatic carboxylic acids is 1. The fraction of sp³-hybridized carbons (Fsp3) is 0.400. The molecule has 6 nitrogen and oxygen atoms in total. The lowest BCUT2D eigenvalue weighted by Crippen LogP contribution is -2.55. The third-order valence-electron chi connectivity index (χ3n) is 2.57. The molecule has 1 atom stereocenters. The van der Waals surface area contributed by atoms with Gasteiger partial charge in [0.2, 0.25) is 0 Å². The zero-order chi connectivity index (χ0) is 11.5. The van der Waals surface area contributed by atoms with E-state index in [9.17, 15) is 9.90 Å². The normalized spacial score (nSPS) is 20.8. The second-order valence-electron chi connectivity index (χ2n) is 3.60. The van der Waals surface area contributed by atoms with Gasteiger partial charge >= 0.3 is 5.97 Å². The summed E-state index contributed by atoms with van der Waals surface area (Å²) in [5, 5.41) is 21.7. The van der Waals surface area contributed by atoms with E-state index < -0.39 is 12.0 Å². The van der Waals surface area contributed by atoms with E-state index in [0.717, 1.165) is 0 Å². The second kappa shape index (κ2) is 4.36. The van der Waals surface area contributed by atoms with Crippen LogP contribution in [0.25, 0.3) is 0 Å². The van der Waals surface area contributed by atoms with Gasteiger partial charge in [-0.25, -0.2) is 9.78 Å². The van der Waals surface area contributed by atoms with Crippen LogP contribution < -0.4 is 10.2 Å². The SMILES string of the molecule is O=C(O)[C@H]1CNCCN1c1ncccc1O. The Morgan fingerprint density at radius 3 is 3.12 bits per heavy atom. The van der Waals surface area contributed by atoms with Crippen LogP contribution in [0.2, 0.25) is 0 Å². The number of rotatable bonds is 2. The number of nitrogens with one attached hydrogen (secondary N) is 1. The van der Waals surface area contributed by atoms with Crippen molar-refractivity contribution in [1.82, 2.24) is 10.3 Å². The van der Waals surface area contributed by atoms with Crippen molar-refractivity contribution in [2.24, 2.45) is 0 Å². The van der Waals surface area contributed by atoms with E-state index in [0.29, 0.717) is 25.5 Å². The van der Waals surface area contributed by atoms with Crippen molar-refractivity contribution in [1.29, 1.82) is 0 Å². The van der Waals surface area contributed by atoms with Crippen LogP contribution in [-0.4, -0.2) is 46.8 Å². The molecule has 2 rings (SSSR count). The van der Waals surface area contributed by atoms with E-state index in [1.807, 2.05) is 0 Å². The maximum Gasteiger partial charge on any atom is 0.327 e. The van der Waals surface area contributed by atoms with E-state index >= 15 is 0 Å². The molecule has 1 aromatic rings. The van der Waals surface area contributed by atoms with Gasteiger partial charge in [0, 0.05) is 25.8 Å². The van der Waals surface area contributed by atoms with Crippen molar-refractivity contribution in [2.75, 3.05) is 24.5 Å². The van der Waals surface area contributed by atoms with Crippen LogP contribution in [0.4, 0.5) is 5.82 Å². The molecule has 0 unspecified atom stereocenters. The molecule has 1 fully saturated rings. The summed E-state index contributed by atoms with van der Waals surface area (Å²) < 4.78 is 0.